The van der Waals surface area contributed by atoms with Crippen LogP contribution in [-0.4, -0.2) is 26.0 Å². The van der Waals surface area contributed by atoms with E-state index in [-0.39, 0.29) is 16.4 Å². The van der Waals surface area contributed by atoms with Gasteiger partial charge in [0.25, 0.3) is 0 Å². The third kappa shape index (κ3) is 4.67. The lowest BCUT2D eigenvalue weighted by molar-refractivity contribution is 0.0697. The van der Waals surface area contributed by atoms with Gasteiger partial charge in [0.1, 0.15) is 0 Å². The molecule has 0 amide bonds. The molecule has 1 N–H and O–H groups in total. The minimum absolute atomic E-state index is 0.000464. The van der Waals surface area contributed by atoms with E-state index in [0.29, 0.717) is 11.4 Å². The van der Waals surface area contributed by atoms with Gasteiger partial charge in [-0.15, -0.1) is 0 Å². The molecule has 0 saturated heterocycles. The topological polar surface area (TPSA) is 76.0 Å². The number of carbonyl (C=O) groups is 1. The van der Waals surface area contributed by atoms with E-state index in [4.69, 9.17) is 4.98 Å². The molecule has 29 heavy (non-hydrogen) atoms. The van der Waals surface area contributed by atoms with Crippen molar-refractivity contribution in [2.75, 3.05) is 0 Å². The molecule has 3 aromatic rings. The second-order valence-electron chi connectivity index (χ2n) is 9.29. The van der Waals surface area contributed by atoms with Crippen LogP contribution in [0, 0.1) is 0 Å². The fraction of sp³-hybridized carbons (Fsp3) is 0.333. The van der Waals surface area contributed by atoms with Gasteiger partial charge in [0.2, 0.25) is 0 Å². The first-order valence-corrected chi connectivity index (χ1v) is 9.64. The normalized spacial score (nSPS) is 12.1. The predicted octanol–water partition coefficient (Wildman–Crippen LogP) is 5.50. The molecule has 3 heterocycles. The van der Waals surface area contributed by atoms with Gasteiger partial charge in [0.15, 0.2) is 0 Å². The van der Waals surface area contributed by atoms with Crippen molar-refractivity contribution >= 4 is 5.97 Å². The minimum Gasteiger partial charge on any atom is -0.478 e. The summed E-state index contributed by atoms with van der Waals surface area (Å²) in [5.74, 6) is -0.986. The third-order valence-electron chi connectivity index (χ3n) is 4.85. The number of hydrogen-bond acceptors (Lipinski definition) is 4. The molecule has 0 aliphatic rings. The van der Waals surface area contributed by atoms with E-state index in [1.54, 1.807) is 6.07 Å². The molecule has 150 valence electrons. The second kappa shape index (κ2) is 7.39. The molecule has 3 rings (SSSR count). The Morgan fingerprint density at radius 3 is 1.72 bits per heavy atom. The Morgan fingerprint density at radius 2 is 1.21 bits per heavy atom. The third-order valence-corrected chi connectivity index (χ3v) is 4.85. The highest BCUT2D eigenvalue weighted by Crippen LogP contribution is 2.31. The SMILES string of the molecule is CC(C)(C)c1ccnc(-c2cc(C(C)(C)C)cc(-c3cc(C(=O)O)ccn3)n2)c1. The molecule has 0 fully saturated rings. The molecule has 0 atom stereocenters. The van der Waals surface area contributed by atoms with Gasteiger partial charge in [-0.2, -0.15) is 0 Å². The van der Waals surface area contributed by atoms with Gasteiger partial charge in [0.05, 0.1) is 28.3 Å². The van der Waals surface area contributed by atoms with E-state index in [2.05, 4.69) is 63.6 Å². The minimum atomic E-state index is -0.986. The molecule has 0 saturated carbocycles. The summed E-state index contributed by atoms with van der Waals surface area (Å²) in [5.41, 5.74) is 5.05. The highest BCUT2D eigenvalue weighted by molar-refractivity contribution is 5.88. The Balaban J connectivity index is 2.21. The van der Waals surface area contributed by atoms with Crippen molar-refractivity contribution in [1.29, 1.82) is 0 Å². The van der Waals surface area contributed by atoms with Crippen LogP contribution in [-0.2, 0) is 10.8 Å². The summed E-state index contributed by atoms with van der Waals surface area (Å²) in [6.45, 7) is 12.9. The quantitative estimate of drug-likeness (QED) is 0.640. The maximum absolute atomic E-state index is 11.4. The number of nitrogens with zero attached hydrogens (tertiary/aromatic N) is 3. The molecule has 0 aliphatic carbocycles. The van der Waals surface area contributed by atoms with Crippen LogP contribution < -0.4 is 0 Å². The van der Waals surface area contributed by atoms with Gasteiger partial charge < -0.3 is 5.11 Å². The number of carboxylic acid groups (broad SMARTS) is 1. The summed E-state index contributed by atoms with van der Waals surface area (Å²) in [5, 5.41) is 9.32. The lowest BCUT2D eigenvalue weighted by Crippen LogP contribution is -2.13. The van der Waals surface area contributed by atoms with Gasteiger partial charge in [-0.3, -0.25) is 9.97 Å². The summed E-state index contributed by atoms with van der Waals surface area (Å²) in [6, 6.07) is 11.2. The van der Waals surface area contributed by atoms with Crippen molar-refractivity contribution in [3.63, 3.8) is 0 Å². The summed E-state index contributed by atoms with van der Waals surface area (Å²) < 4.78 is 0. The summed E-state index contributed by atoms with van der Waals surface area (Å²) >= 11 is 0. The monoisotopic (exact) mass is 389 g/mol. The van der Waals surface area contributed by atoms with E-state index < -0.39 is 5.97 Å². The molecular weight excluding hydrogens is 362 g/mol. The molecule has 3 aromatic heterocycles. The number of rotatable bonds is 3. The van der Waals surface area contributed by atoms with Crippen LogP contribution in [0.1, 0.15) is 63.0 Å². The van der Waals surface area contributed by atoms with Gasteiger partial charge in [0, 0.05) is 12.4 Å². The molecule has 0 radical (unpaired) electrons. The van der Waals surface area contributed by atoms with Crippen molar-refractivity contribution < 1.29 is 9.90 Å². The Kier molecular flexibility index (Phi) is 5.26. The number of carboxylic acids is 1. The molecule has 0 aromatic carbocycles. The zero-order valence-electron chi connectivity index (χ0n) is 17.8. The van der Waals surface area contributed by atoms with Gasteiger partial charge >= 0.3 is 5.97 Å². The number of hydrogen-bond donors (Lipinski definition) is 1. The summed E-state index contributed by atoms with van der Waals surface area (Å²) in [7, 11) is 0. The van der Waals surface area contributed by atoms with Gasteiger partial charge in [-0.05, 0) is 58.4 Å². The molecule has 5 heteroatoms. The van der Waals surface area contributed by atoms with Crippen LogP contribution in [0.3, 0.4) is 0 Å². The van der Waals surface area contributed by atoms with Crippen LogP contribution >= 0.6 is 0 Å². The standard InChI is InChI=1S/C24H27N3O2/c1-23(2,3)16-8-10-26-19(12-16)21-14-17(24(4,5)6)13-20(27-21)18-11-15(22(28)29)7-9-25-18/h7-14H,1-6H3,(H,28,29). The molecule has 0 bridgehead atoms. The fourth-order valence-electron chi connectivity index (χ4n) is 2.97. The predicted molar refractivity (Wildman–Crippen MR) is 115 cm³/mol. The second-order valence-corrected chi connectivity index (χ2v) is 9.29. The van der Waals surface area contributed by atoms with Crippen LogP contribution in [0.4, 0.5) is 0 Å². The Bertz CT molecular complexity index is 1060. The first kappa shape index (κ1) is 20.6. The van der Waals surface area contributed by atoms with E-state index in [1.807, 2.05) is 18.3 Å². The zero-order valence-corrected chi connectivity index (χ0v) is 17.8. The zero-order chi connectivity index (χ0) is 21.4. The average Bonchev–Trinajstić information content (AvgIpc) is 2.66. The Labute approximate surface area is 171 Å². The van der Waals surface area contributed by atoms with Crippen molar-refractivity contribution in [3.8, 4) is 22.8 Å². The lowest BCUT2D eigenvalue weighted by Gasteiger charge is -2.22. The number of pyridine rings is 3. The first-order chi connectivity index (χ1) is 13.4. The Hall–Kier alpha value is -3.08. The molecule has 0 unspecified atom stereocenters. The van der Waals surface area contributed by atoms with E-state index >= 15 is 0 Å². The molecule has 5 nitrogen and oxygen atoms in total. The van der Waals surface area contributed by atoms with Crippen LogP contribution in [0.2, 0.25) is 0 Å². The smallest absolute Gasteiger partial charge is 0.335 e. The maximum atomic E-state index is 11.4. The molecule has 0 spiro atoms. The van der Waals surface area contributed by atoms with Crippen LogP contribution in [0.5, 0.6) is 0 Å². The summed E-state index contributed by atoms with van der Waals surface area (Å²) in [4.78, 5) is 25.1. The molecule has 0 aliphatic heterocycles. The van der Waals surface area contributed by atoms with Crippen molar-refractivity contribution in [3.05, 3.63) is 65.5 Å². The van der Waals surface area contributed by atoms with Crippen LogP contribution in [0.15, 0.2) is 48.8 Å². The Morgan fingerprint density at radius 1 is 0.724 bits per heavy atom. The molecular formula is C24H27N3O2. The highest BCUT2D eigenvalue weighted by Gasteiger charge is 2.20. The lowest BCUT2D eigenvalue weighted by atomic mass is 9.85. The summed E-state index contributed by atoms with van der Waals surface area (Å²) in [6.07, 6.45) is 3.31. The van der Waals surface area contributed by atoms with E-state index in [1.165, 1.54) is 17.8 Å². The van der Waals surface area contributed by atoms with Gasteiger partial charge in [-0.1, -0.05) is 41.5 Å². The van der Waals surface area contributed by atoms with Crippen molar-refractivity contribution in [2.24, 2.45) is 0 Å². The van der Waals surface area contributed by atoms with Gasteiger partial charge in [-0.25, -0.2) is 9.78 Å². The van der Waals surface area contributed by atoms with E-state index in [9.17, 15) is 9.90 Å². The number of aromatic nitrogens is 3. The largest absolute Gasteiger partial charge is 0.478 e. The van der Waals surface area contributed by atoms with Crippen LogP contribution in [0.25, 0.3) is 22.8 Å². The number of aromatic carboxylic acids is 1. The highest BCUT2D eigenvalue weighted by atomic mass is 16.4. The van der Waals surface area contributed by atoms with Crippen molar-refractivity contribution in [1.82, 2.24) is 15.0 Å². The van der Waals surface area contributed by atoms with Crippen molar-refractivity contribution in [2.45, 2.75) is 52.4 Å². The maximum Gasteiger partial charge on any atom is 0.335 e. The van der Waals surface area contributed by atoms with E-state index in [0.717, 1.165) is 17.0 Å². The fourth-order valence-corrected chi connectivity index (χ4v) is 2.97. The average molecular weight is 389 g/mol. The first-order valence-electron chi connectivity index (χ1n) is 9.64.